The maximum Gasteiger partial charge on any atom is 0.199 e. The molecule has 0 aromatic carbocycles. The molecule has 2 heterocycles. The van der Waals surface area contributed by atoms with Crippen molar-refractivity contribution in [2.75, 3.05) is 0 Å². The van der Waals surface area contributed by atoms with Crippen molar-refractivity contribution in [3.05, 3.63) is 18.1 Å². The van der Waals surface area contributed by atoms with E-state index in [1.54, 1.807) is 10.9 Å². The van der Waals surface area contributed by atoms with Gasteiger partial charge < -0.3 is 0 Å². The molecular formula is C9H13N5. The van der Waals surface area contributed by atoms with Crippen LogP contribution in [0.15, 0.2) is 12.3 Å². The Bertz CT molecular complexity index is 426. The maximum absolute atomic E-state index is 4.39. The van der Waals surface area contributed by atoms with Crippen molar-refractivity contribution in [2.24, 2.45) is 7.05 Å². The average Bonchev–Trinajstić information content (AvgIpc) is 2.71. The van der Waals surface area contributed by atoms with Gasteiger partial charge in [-0.25, -0.2) is 4.98 Å². The van der Waals surface area contributed by atoms with Gasteiger partial charge >= 0.3 is 0 Å². The minimum atomic E-state index is 0.365. The first kappa shape index (κ1) is 8.93. The Labute approximate surface area is 82.2 Å². The number of nitrogens with one attached hydrogen (secondary N) is 1. The first-order valence-corrected chi connectivity index (χ1v) is 4.59. The normalized spacial score (nSPS) is 11.1. The lowest BCUT2D eigenvalue weighted by Gasteiger charge is -1.96. The zero-order valence-corrected chi connectivity index (χ0v) is 8.52. The summed E-state index contributed by atoms with van der Waals surface area (Å²) < 4.78 is 1.76. The van der Waals surface area contributed by atoms with Gasteiger partial charge in [0.05, 0.1) is 0 Å². The molecule has 0 saturated heterocycles. The number of hydrogen-bond donors (Lipinski definition) is 1. The third-order valence-electron chi connectivity index (χ3n) is 2.10. The molecule has 0 atom stereocenters. The Morgan fingerprint density at radius 3 is 2.71 bits per heavy atom. The van der Waals surface area contributed by atoms with Gasteiger partial charge in [0.1, 0.15) is 11.5 Å². The fourth-order valence-corrected chi connectivity index (χ4v) is 1.24. The second kappa shape index (κ2) is 3.25. The number of H-pyrrole nitrogens is 1. The molecule has 1 N–H and O–H groups in total. The minimum Gasteiger partial charge on any atom is -0.265 e. The molecule has 74 valence electrons. The lowest BCUT2D eigenvalue weighted by molar-refractivity contribution is 0.769. The van der Waals surface area contributed by atoms with Crippen molar-refractivity contribution in [2.45, 2.75) is 19.8 Å². The van der Waals surface area contributed by atoms with Gasteiger partial charge in [0.15, 0.2) is 5.82 Å². The smallest absolute Gasteiger partial charge is 0.199 e. The van der Waals surface area contributed by atoms with Crippen molar-refractivity contribution >= 4 is 0 Å². The van der Waals surface area contributed by atoms with E-state index in [1.165, 1.54) is 0 Å². The van der Waals surface area contributed by atoms with Crippen LogP contribution in [0.25, 0.3) is 11.5 Å². The van der Waals surface area contributed by atoms with E-state index in [-0.39, 0.29) is 0 Å². The van der Waals surface area contributed by atoms with Gasteiger partial charge in [-0.05, 0) is 6.07 Å². The highest BCUT2D eigenvalue weighted by atomic mass is 15.3. The summed E-state index contributed by atoms with van der Waals surface area (Å²) in [6, 6.07) is 1.90. The van der Waals surface area contributed by atoms with Crippen molar-refractivity contribution in [1.29, 1.82) is 0 Å². The molecule has 0 spiro atoms. The molecule has 0 fully saturated rings. The zero-order chi connectivity index (χ0) is 10.1. The highest BCUT2D eigenvalue weighted by Gasteiger charge is 2.10. The molecule has 2 rings (SSSR count). The Morgan fingerprint density at radius 1 is 1.43 bits per heavy atom. The predicted octanol–water partition coefficient (Wildman–Crippen LogP) is 1.33. The van der Waals surface area contributed by atoms with E-state index in [2.05, 4.69) is 34.1 Å². The van der Waals surface area contributed by atoms with Gasteiger partial charge in [0.25, 0.3) is 0 Å². The van der Waals surface area contributed by atoms with Gasteiger partial charge in [-0.15, -0.1) is 0 Å². The van der Waals surface area contributed by atoms with Crippen LogP contribution in [-0.4, -0.2) is 25.0 Å². The van der Waals surface area contributed by atoms with E-state index >= 15 is 0 Å². The summed E-state index contributed by atoms with van der Waals surface area (Å²) in [6.07, 6.45) is 1.74. The second-order valence-electron chi connectivity index (χ2n) is 3.54. The molecule has 5 nitrogen and oxygen atoms in total. The fourth-order valence-electron chi connectivity index (χ4n) is 1.24. The second-order valence-corrected chi connectivity index (χ2v) is 3.54. The summed E-state index contributed by atoms with van der Waals surface area (Å²) in [5.41, 5.74) is 0.924. The number of aryl methyl sites for hydroxylation is 1. The van der Waals surface area contributed by atoms with Crippen LogP contribution in [0.2, 0.25) is 0 Å². The van der Waals surface area contributed by atoms with Gasteiger partial charge in [-0.1, -0.05) is 13.8 Å². The predicted molar refractivity (Wildman–Crippen MR) is 52.7 cm³/mol. The molecule has 0 unspecified atom stereocenters. The molecule has 2 aromatic heterocycles. The number of hydrogen-bond acceptors (Lipinski definition) is 3. The molecule has 2 aromatic rings. The summed E-state index contributed by atoms with van der Waals surface area (Å²) in [6.45, 7) is 4.15. The highest BCUT2D eigenvalue weighted by Crippen LogP contribution is 2.15. The monoisotopic (exact) mass is 191 g/mol. The molecular weight excluding hydrogens is 178 g/mol. The Hall–Kier alpha value is -1.65. The molecule has 0 aliphatic rings. The summed E-state index contributed by atoms with van der Waals surface area (Å²) in [5.74, 6) is 1.97. The van der Waals surface area contributed by atoms with Crippen molar-refractivity contribution < 1.29 is 0 Å². The summed E-state index contributed by atoms with van der Waals surface area (Å²) in [5, 5.41) is 11.1. The van der Waals surface area contributed by atoms with Crippen LogP contribution in [0, 0.1) is 0 Å². The first-order valence-electron chi connectivity index (χ1n) is 4.59. The van der Waals surface area contributed by atoms with E-state index in [4.69, 9.17) is 0 Å². The van der Waals surface area contributed by atoms with E-state index in [0.717, 1.165) is 11.5 Å². The lowest BCUT2D eigenvalue weighted by Crippen LogP contribution is -1.95. The Morgan fingerprint density at radius 2 is 2.21 bits per heavy atom. The van der Waals surface area contributed by atoms with Crippen LogP contribution in [0.1, 0.15) is 25.6 Å². The van der Waals surface area contributed by atoms with Crippen molar-refractivity contribution in [3.8, 4) is 11.5 Å². The fraction of sp³-hybridized carbons (Fsp3) is 0.444. The Kier molecular flexibility index (Phi) is 2.07. The highest BCUT2D eigenvalue weighted by molar-refractivity contribution is 5.48. The van der Waals surface area contributed by atoms with Crippen LogP contribution >= 0.6 is 0 Å². The molecule has 0 aliphatic carbocycles. The van der Waals surface area contributed by atoms with Crippen LogP contribution in [0.4, 0.5) is 0 Å². The third kappa shape index (κ3) is 1.41. The number of nitrogens with zero attached hydrogens (tertiary/aromatic N) is 4. The number of aromatic nitrogens is 5. The molecule has 0 saturated carbocycles. The van der Waals surface area contributed by atoms with Gasteiger partial charge in [-0.2, -0.15) is 10.2 Å². The van der Waals surface area contributed by atoms with Crippen LogP contribution in [0.3, 0.4) is 0 Å². The first-order chi connectivity index (χ1) is 6.68. The Balaban J connectivity index is 2.39. The van der Waals surface area contributed by atoms with Crippen LogP contribution < -0.4 is 0 Å². The molecule has 0 bridgehead atoms. The molecule has 14 heavy (non-hydrogen) atoms. The molecule has 0 radical (unpaired) electrons. The number of aromatic amines is 1. The van der Waals surface area contributed by atoms with Gasteiger partial charge in [0.2, 0.25) is 0 Å². The summed E-state index contributed by atoms with van der Waals surface area (Å²) in [4.78, 5) is 4.39. The van der Waals surface area contributed by atoms with E-state index < -0.39 is 0 Å². The third-order valence-corrected chi connectivity index (χ3v) is 2.10. The summed E-state index contributed by atoms with van der Waals surface area (Å²) in [7, 11) is 1.88. The summed E-state index contributed by atoms with van der Waals surface area (Å²) >= 11 is 0. The van der Waals surface area contributed by atoms with E-state index in [0.29, 0.717) is 11.7 Å². The van der Waals surface area contributed by atoms with Gasteiger partial charge in [0, 0.05) is 19.2 Å². The minimum absolute atomic E-state index is 0.365. The van der Waals surface area contributed by atoms with E-state index in [1.807, 2.05) is 13.1 Å². The largest absolute Gasteiger partial charge is 0.265 e. The molecule has 0 amide bonds. The average molecular weight is 191 g/mol. The van der Waals surface area contributed by atoms with Crippen LogP contribution in [-0.2, 0) is 7.05 Å². The molecule has 5 heteroatoms. The quantitative estimate of drug-likeness (QED) is 0.779. The topological polar surface area (TPSA) is 59.4 Å². The van der Waals surface area contributed by atoms with Crippen LogP contribution in [0.5, 0.6) is 0 Å². The van der Waals surface area contributed by atoms with Crippen molar-refractivity contribution in [3.63, 3.8) is 0 Å². The number of rotatable bonds is 2. The standard InChI is InChI=1S/C9H13N5/c1-6(2)8-11-9(13-12-8)7-4-5-10-14(7)3/h4-6H,1-3H3,(H,11,12,13). The molecule has 0 aliphatic heterocycles. The zero-order valence-electron chi connectivity index (χ0n) is 8.52. The van der Waals surface area contributed by atoms with Gasteiger partial charge in [-0.3, -0.25) is 9.78 Å². The van der Waals surface area contributed by atoms with E-state index in [9.17, 15) is 0 Å². The lowest BCUT2D eigenvalue weighted by atomic mass is 10.2. The SMILES string of the molecule is CC(C)c1nc(-c2ccnn2C)n[nH]1. The van der Waals surface area contributed by atoms with Crippen molar-refractivity contribution in [1.82, 2.24) is 25.0 Å². The maximum atomic E-state index is 4.39.